The first-order chi connectivity index (χ1) is 9.19. The highest BCUT2D eigenvalue weighted by atomic mass is 32.2. The standard InChI is InChI=1S/C13H20O6S/c1-6(20-8(3)15)9-10(16-7(2)14)11-12(17-9)19-13(4,5)18-11/h6,9-12H,1-5H3/t6-,9+,10-,11+,12+/m0/s1. The first-order valence-electron chi connectivity index (χ1n) is 6.55. The summed E-state index contributed by atoms with van der Waals surface area (Å²) in [6.45, 7) is 8.26. The van der Waals surface area contributed by atoms with Gasteiger partial charge in [-0.05, 0) is 13.8 Å². The van der Waals surface area contributed by atoms with Gasteiger partial charge in [0.2, 0.25) is 0 Å². The summed E-state index contributed by atoms with van der Waals surface area (Å²) in [5, 5.41) is -0.167. The molecule has 0 spiro atoms. The van der Waals surface area contributed by atoms with Crippen LogP contribution < -0.4 is 0 Å². The lowest BCUT2D eigenvalue weighted by Gasteiger charge is -2.28. The van der Waals surface area contributed by atoms with Gasteiger partial charge < -0.3 is 18.9 Å². The average Bonchev–Trinajstić information content (AvgIpc) is 2.71. The smallest absolute Gasteiger partial charge is 0.303 e. The Balaban J connectivity index is 2.13. The number of carbonyl (C=O) groups is 2. The molecule has 7 heteroatoms. The highest BCUT2D eigenvalue weighted by Gasteiger charge is 2.57. The highest BCUT2D eigenvalue weighted by Crippen LogP contribution is 2.41. The Morgan fingerprint density at radius 2 is 1.90 bits per heavy atom. The van der Waals surface area contributed by atoms with Gasteiger partial charge in [-0.1, -0.05) is 18.7 Å². The summed E-state index contributed by atoms with van der Waals surface area (Å²) in [7, 11) is 0. The molecule has 20 heavy (non-hydrogen) atoms. The van der Waals surface area contributed by atoms with Crippen LogP contribution in [0.3, 0.4) is 0 Å². The third-order valence-electron chi connectivity index (χ3n) is 3.14. The van der Waals surface area contributed by atoms with Gasteiger partial charge >= 0.3 is 5.97 Å². The lowest BCUT2D eigenvalue weighted by Crippen LogP contribution is -2.41. The first-order valence-corrected chi connectivity index (χ1v) is 7.43. The summed E-state index contributed by atoms with van der Waals surface area (Å²) in [6, 6.07) is 0. The summed E-state index contributed by atoms with van der Waals surface area (Å²) < 4.78 is 22.5. The van der Waals surface area contributed by atoms with Crippen molar-refractivity contribution < 1.29 is 28.5 Å². The Labute approximate surface area is 122 Å². The van der Waals surface area contributed by atoms with Crippen LogP contribution >= 0.6 is 11.8 Å². The predicted octanol–water partition coefficient (Wildman–Crippen LogP) is 1.46. The quantitative estimate of drug-likeness (QED) is 0.731. The second kappa shape index (κ2) is 5.63. The Morgan fingerprint density at radius 1 is 1.25 bits per heavy atom. The minimum Gasteiger partial charge on any atom is -0.457 e. The molecule has 0 bridgehead atoms. The number of rotatable bonds is 3. The van der Waals surface area contributed by atoms with E-state index in [2.05, 4.69) is 0 Å². The van der Waals surface area contributed by atoms with Crippen molar-refractivity contribution >= 4 is 22.8 Å². The van der Waals surface area contributed by atoms with E-state index in [1.54, 1.807) is 13.8 Å². The summed E-state index contributed by atoms with van der Waals surface area (Å²) in [5.41, 5.74) is 0. The molecule has 0 unspecified atom stereocenters. The van der Waals surface area contributed by atoms with Crippen molar-refractivity contribution in [1.82, 2.24) is 0 Å². The molecule has 0 N–H and O–H groups in total. The topological polar surface area (TPSA) is 71.1 Å². The molecule has 0 amide bonds. The Hall–Kier alpha value is -0.630. The summed E-state index contributed by atoms with van der Waals surface area (Å²) >= 11 is 1.15. The van der Waals surface area contributed by atoms with E-state index in [0.29, 0.717) is 0 Å². The zero-order valence-electron chi connectivity index (χ0n) is 12.2. The maximum absolute atomic E-state index is 11.3. The minimum atomic E-state index is -0.768. The number of ether oxygens (including phenoxy) is 4. The van der Waals surface area contributed by atoms with Crippen molar-refractivity contribution in [2.75, 3.05) is 0 Å². The monoisotopic (exact) mass is 304 g/mol. The fourth-order valence-corrected chi connectivity index (χ4v) is 3.41. The Kier molecular flexibility index (Phi) is 4.44. The Bertz CT molecular complexity index is 410. The van der Waals surface area contributed by atoms with Crippen LogP contribution in [0.1, 0.15) is 34.6 Å². The van der Waals surface area contributed by atoms with Gasteiger partial charge in [0.15, 0.2) is 29.4 Å². The van der Waals surface area contributed by atoms with Gasteiger partial charge in [-0.2, -0.15) is 0 Å². The molecular formula is C13H20O6S. The fraction of sp³-hybridized carbons (Fsp3) is 0.846. The molecule has 2 saturated heterocycles. The van der Waals surface area contributed by atoms with Crippen molar-refractivity contribution in [3.8, 4) is 0 Å². The molecule has 6 nitrogen and oxygen atoms in total. The molecule has 0 aromatic rings. The molecule has 114 valence electrons. The second-order valence-electron chi connectivity index (χ2n) is 5.46. The van der Waals surface area contributed by atoms with Crippen molar-refractivity contribution in [2.45, 2.75) is 70.3 Å². The molecule has 2 aliphatic rings. The van der Waals surface area contributed by atoms with Gasteiger partial charge in [-0.25, -0.2) is 0 Å². The van der Waals surface area contributed by atoms with E-state index < -0.39 is 36.4 Å². The first kappa shape index (κ1) is 15.8. The molecule has 0 aromatic heterocycles. The van der Waals surface area contributed by atoms with Crippen LogP contribution in [0.5, 0.6) is 0 Å². The molecule has 5 atom stereocenters. The van der Waals surface area contributed by atoms with Crippen LogP contribution in [0, 0.1) is 0 Å². The summed E-state index contributed by atoms with van der Waals surface area (Å²) in [5.74, 6) is -1.17. The van der Waals surface area contributed by atoms with Crippen LogP contribution in [0.25, 0.3) is 0 Å². The molecule has 2 aliphatic heterocycles. The van der Waals surface area contributed by atoms with Gasteiger partial charge in [0.05, 0.1) is 0 Å². The van der Waals surface area contributed by atoms with Gasteiger partial charge in [0.25, 0.3) is 0 Å². The van der Waals surface area contributed by atoms with Crippen molar-refractivity contribution in [2.24, 2.45) is 0 Å². The average molecular weight is 304 g/mol. The third kappa shape index (κ3) is 3.33. The third-order valence-corrected chi connectivity index (χ3v) is 4.12. The van der Waals surface area contributed by atoms with E-state index in [0.717, 1.165) is 11.8 Å². The lowest BCUT2D eigenvalue weighted by molar-refractivity contribution is -0.217. The van der Waals surface area contributed by atoms with E-state index in [1.165, 1.54) is 13.8 Å². The lowest BCUT2D eigenvalue weighted by atomic mass is 10.1. The maximum atomic E-state index is 11.3. The second-order valence-corrected chi connectivity index (χ2v) is 7.01. The maximum Gasteiger partial charge on any atom is 0.303 e. The highest BCUT2D eigenvalue weighted by molar-refractivity contribution is 8.14. The minimum absolute atomic E-state index is 0.0121. The van der Waals surface area contributed by atoms with Crippen LogP contribution in [0.15, 0.2) is 0 Å². The zero-order valence-corrected chi connectivity index (χ0v) is 13.1. The van der Waals surface area contributed by atoms with E-state index >= 15 is 0 Å². The largest absolute Gasteiger partial charge is 0.457 e. The molecular weight excluding hydrogens is 284 g/mol. The van der Waals surface area contributed by atoms with Gasteiger partial charge in [-0.15, -0.1) is 0 Å². The molecule has 0 aliphatic carbocycles. The molecule has 2 heterocycles. The van der Waals surface area contributed by atoms with E-state index in [1.807, 2.05) is 6.92 Å². The van der Waals surface area contributed by atoms with Gasteiger partial charge in [-0.3, -0.25) is 9.59 Å². The Morgan fingerprint density at radius 3 is 2.45 bits per heavy atom. The zero-order chi connectivity index (χ0) is 15.1. The molecule has 2 rings (SSSR count). The van der Waals surface area contributed by atoms with Crippen LogP contribution in [0.2, 0.25) is 0 Å². The SMILES string of the molecule is CC(=O)O[C@@H]1[C@H]2OC(C)(C)O[C@H]2O[C@@H]1[C@H](C)SC(C)=O. The summed E-state index contributed by atoms with van der Waals surface area (Å²) in [6.07, 6.45) is -2.04. The molecule has 2 fully saturated rings. The van der Waals surface area contributed by atoms with Crippen molar-refractivity contribution in [3.63, 3.8) is 0 Å². The predicted molar refractivity (Wildman–Crippen MR) is 72.0 cm³/mol. The van der Waals surface area contributed by atoms with Gasteiger partial charge in [0.1, 0.15) is 6.10 Å². The number of thioether (sulfide) groups is 1. The van der Waals surface area contributed by atoms with Crippen molar-refractivity contribution in [1.29, 1.82) is 0 Å². The van der Waals surface area contributed by atoms with E-state index in [9.17, 15) is 9.59 Å². The number of esters is 1. The molecule has 0 aromatic carbocycles. The van der Waals surface area contributed by atoms with E-state index in [-0.39, 0.29) is 10.4 Å². The fourth-order valence-electron chi connectivity index (χ4n) is 2.54. The van der Waals surface area contributed by atoms with E-state index in [4.69, 9.17) is 18.9 Å². The number of hydrogen-bond acceptors (Lipinski definition) is 7. The van der Waals surface area contributed by atoms with Gasteiger partial charge in [0, 0.05) is 19.1 Å². The normalized spacial score (nSPS) is 36.5. The summed E-state index contributed by atoms with van der Waals surface area (Å²) in [4.78, 5) is 22.5. The number of carbonyl (C=O) groups excluding carboxylic acids is 2. The van der Waals surface area contributed by atoms with Crippen LogP contribution in [-0.4, -0.2) is 46.7 Å². The van der Waals surface area contributed by atoms with Crippen LogP contribution in [-0.2, 0) is 28.5 Å². The molecule has 0 radical (unpaired) electrons. The number of hydrogen-bond donors (Lipinski definition) is 0. The van der Waals surface area contributed by atoms with Crippen molar-refractivity contribution in [3.05, 3.63) is 0 Å². The molecule has 0 saturated carbocycles. The van der Waals surface area contributed by atoms with Crippen LogP contribution in [0.4, 0.5) is 0 Å². The number of fused-ring (bicyclic) bond motifs is 1.